The number of nitrogens with zero attached hydrogens (tertiary/aromatic N) is 1. The van der Waals surface area contributed by atoms with Gasteiger partial charge in [0.15, 0.2) is 5.78 Å². The molecule has 2 heterocycles. The molecule has 0 amide bonds. The normalized spacial score (nSPS) is 17.7. The summed E-state index contributed by atoms with van der Waals surface area (Å²) in [6, 6.07) is 5.43. The van der Waals surface area contributed by atoms with E-state index in [1.165, 1.54) is 18.4 Å². The summed E-state index contributed by atoms with van der Waals surface area (Å²) in [7, 11) is 1.41. The van der Waals surface area contributed by atoms with E-state index in [-0.39, 0.29) is 42.2 Å². The van der Waals surface area contributed by atoms with Gasteiger partial charge in [-0.1, -0.05) is 30.5 Å². The Bertz CT molecular complexity index is 1070. The fraction of sp³-hybridized carbons (Fsp3) is 0.571. The number of benzene rings is 1. The fourth-order valence-electron chi connectivity index (χ4n) is 5.27. The highest BCUT2D eigenvalue weighted by molar-refractivity contribution is 7.09. The van der Waals surface area contributed by atoms with E-state index in [1.807, 2.05) is 30.5 Å². The Hall–Kier alpha value is -2.42. The Morgan fingerprint density at radius 3 is 2.61 bits per heavy atom. The number of hydrogen-bond acceptors (Lipinski definition) is 8. The van der Waals surface area contributed by atoms with Crippen LogP contribution in [-0.2, 0) is 38.4 Å². The van der Waals surface area contributed by atoms with Crippen molar-refractivity contribution in [1.82, 2.24) is 10.3 Å². The zero-order valence-corrected chi connectivity index (χ0v) is 22.0. The Morgan fingerprint density at radius 2 is 1.89 bits per heavy atom. The minimum absolute atomic E-state index is 0.0443. The number of rotatable bonds is 11. The molecule has 0 spiro atoms. The molecule has 0 bridgehead atoms. The molecular weight excluding hydrogens is 476 g/mol. The number of thiazole rings is 1. The van der Waals surface area contributed by atoms with E-state index in [2.05, 4.69) is 10.3 Å². The monoisotopic (exact) mass is 512 g/mol. The molecule has 2 aromatic rings. The van der Waals surface area contributed by atoms with Gasteiger partial charge >= 0.3 is 5.97 Å². The summed E-state index contributed by atoms with van der Waals surface area (Å²) in [5.41, 5.74) is 3.37. The molecular formula is C28H36N2O5S. The van der Waals surface area contributed by atoms with Crippen LogP contribution in [0.3, 0.4) is 0 Å². The van der Waals surface area contributed by atoms with Gasteiger partial charge in [0.25, 0.3) is 0 Å². The average molecular weight is 513 g/mol. The maximum Gasteiger partial charge on any atom is 0.323 e. The van der Waals surface area contributed by atoms with Crippen molar-refractivity contribution >= 4 is 28.9 Å². The maximum atomic E-state index is 13.1. The van der Waals surface area contributed by atoms with E-state index < -0.39 is 6.04 Å². The molecule has 1 unspecified atom stereocenters. The van der Waals surface area contributed by atoms with Gasteiger partial charge in [-0.2, -0.15) is 0 Å². The van der Waals surface area contributed by atoms with Crippen molar-refractivity contribution in [1.29, 1.82) is 0 Å². The Labute approximate surface area is 217 Å². The molecule has 1 aliphatic heterocycles. The number of methoxy groups -OCH3 is 1. The van der Waals surface area contributed by atoms with Crippen LogP contribution in [0, 0.1) is 18.8 Å². The minimum atomic E-state index is -0.400. The van der Waals surface area contributed by atoms with Gasteiger partial charge in [0.05, 0.1) is 19.2 Å². The number of aryl methyl sites for hydroxylation is 1. The van der Waals surface area contributed by atoms with Crippen LogP contribution >= 0.6 is 11.3 Å². The Kier molecular flexibility index (Phi) is 9.40. The van der Waals surface area contributed by atoms with Gasteiger partial charge in [0.1, 0.15) is 16.8 Å². The number of hydrogen-bond donors (Lipinski definition) is 1. The number of Topliss-reactive ketones (excluding diaryl/α,β-unsaturated/α-hetero) is 2. The molecule has 1 saturated carbocycles. The van der Waals surface area contributed by atoms with E-state index in [1.54, 1.807) is 0 Å². The molecule has 1 saturated heterocycles. The lowest BCUT2D eigenvalue weighted by Gasteiger charge is -2.29. The third kappa shape index (κ3) is 6.87. The molecule has 1 N–H and O–H groups in total. The Balaban J connectivity index is 1.35. The van der Waals surface area contributed by atoms with E-state index in [9.17, 15) is 14.4 Å². The van der Waals surface area contributed by atoms with Crippen LogP contribution in [0.15, 0.2) is 23.6 Å². The zero-order valence-electron chi connectivity index (χ0n) is 21.2. The van der Waals surface area contributed by atoms with Crippen LogP contribution < -0.4 is 5.32 Å². The van der Waals surface area contributed by atoms with Gasteiger partial charge in [-0.05, 0) is 50.2 Å². The summed E-state index contributed by atoms with van der Waals surface area (Å²) in [6.07, 6.45) is 6.19. The summed E-state index contributed by atoms with van der Waals surface area (Å²) in [4.78, 5) is 43.0. The smallest absolute Gasteiger partial charge is 0.323 e. The van der Waals surface area contributed by atoms with Gasteiger partial charge in [-0.25, -0.2) is 4.98 Å². The topological polar surface area (TPSA) is 94.6 Å². The molecule has 4 rings (SSSR count). The largest absolute Gasteiger partial charge is 0.468 e. The lowest BCUT2D eigenvalue weighted by Crippen LogP contribution is -2.45. The second-order valence-electron chi connectivity index (χ2n) is 9.96. The average Bonchev–Trinajstić information content (AvgIpc) is 3.58. The minimum Gasteiger partial charge on any atom is -0.468 e. The quantitative estimate of drug-likeness (QED) is 0.356. The summed E-state index contributed by atoms with van der Waals surface area (Å²) >= 11 is 1.45. The highest BCUT2D eigenvalue weighted by Gasteiger charge is 2.30. The second-order valence-corrected chi connectivity index (χ2v) is 10.9. The van der Waals surface area contributed by atoms with Crippen molar-refractivity contribution in [3.05, 3.63) is 51.0 Å². The molecule has 7 nitrogen and oxygen atoms in total. The molecule has 1 aliphatic carbocycles. The predicted octanol–water partition coefficient (Wildman–Crippen LogP) is 4.24. The SMILES string of the molecule is COC(=O)C(NCc1csc(CC(=O)Cc2ccc(C)cc2C(=O)C2CCCC2)n1)C1CCOCC1. The molecule has 0 radical (unpaired) electrons. The van der Waals surface area contributed by atoms with Crippen molar-refractivity contribution in [2.45, 2.75) is 70.9 Å². The molecule has 8 heteroatoms. The molecule has 36 heavy (non-hydrogen) atoms. The van der Waals surface area contributed by atoms with Crippen LogP contribution in [0.2, 0.25) is 0 Å². The molecule has 1 aromatic carbocycles. The first-order valence-corrected chi connectivity index (χ1v) is 13.8. The van der Waals surface area contributed by atoms with Gasteiger partial charge in [-0.15, -0.1) is 11.3 Å². The van der Waals surface area contributed by atoms with Crippen molar-refractivity contribution in [3.63, 3.8) is 0 Å². The number of carbonyl (C=O) groups is 3. The number of aromatic nitrogens is 1. The van der Waals surface area contributed by atoms with Crippen molar-refractivity contribution in [3.8, 4) is 0 Å². The number of esters is 1. The number of ketones is 2. The first-order valence-electron chi connectivity index (χ1n) is 12.9. The van der Waals surface area contributed by atoms with Gasteiger partial charge in [-0.3, -0.25) is 19.7 Å². The van der Waals surface area contributed by atoms with Crippen LogP contribution in [-0.4, -0.2) is 48.9 Å². The summed E-state index contributed by atoms with van der Waals surface area (Å²) in [5.74, 6) is 0.217. The number of ether oxygens (including phenoxy) is 2. The lowest BCUT2D eigenvalue weighted by atomic mass is 9.90. The standard InChI is InChI=1S/C28H36N2O5S/c1-18-7-8-21(24(13-18)27(32)20-5-3-4-6-20)14-23(31)15-25-30-22(17-36-25)16-29-26(28(33)34-2)19-9-11-35-12-10-19/h7-8,13,17,19-20,26,29H,3-6,9-12,14-16H2,1-2H3. The fourth-order valence-corrected chi connectivity index (χ4v) is 6.09. The van der Waals surface area contributed by atoms with Crippen molar-refractivity contribution < 1.29 is 23.9 Å². The summed E-state index contributed by atoms with van der Waals surface area (Å²) in [6.45, 7) is 3.71. The van der Waals surface area contributed by atoms with E-state index >= 15 is 0 Å². The molecule has 1 aromatic heterocycles. The van der Waals surface area contributed by atoms with E-state index in [0.717, 1.165) is 60.4 Å². The van der Waals surface area contributed by atoms with Gasteiger partial charge in [0.2, 0.25) is 0 Å². The van der Waals surface area contributed by atoms with E-state index in [0.29, 0.717) is 25.3 Å². The molecule has 2 fully saturated rings. The maximum absolute atomic E-state index is 13.1. The van der Waals surface area contributed by atoms with Crippen molar-refractivity contribution in [2.24, 2.45) is 11.8 Å². The zero-order chi connectivity index (χ0) is 25.5. The number of carbonyl (C=O) groups excluding carboxylic acids is 3. The summed E-state index contributed by atoms with van der Waals surface area (Å²) < 4.78 is 10.4. The van der Waals surface area contributed by atoms with E-state index in [4.69, 9.17) is 9.47 Å². The third-order valence-corrected chi connectivity index (χ3v) is 8.19. The van der Waals surface area contributed by atoms with Crippen LogP contribution in [0.4, 0.5) is 0 Å². The molecule has 2 aliphatic rings. The lowest BCUT2D eigenvalue weighted by molar-refractivity contribution is -0.145. The molecule has 1 atom stereocenters. The second kappa shape index (κ2) is 12.7. The number of nitrogens with one attached hydrogen (secondary N) is 1. The summed E-state index contributed by atoms with van der Waals surface area (Å²) in [5, 5.41) is 5.98. The van der Waals surface area contributed by atoms with Gasteiger partial charge in [0, 0.05) is 43.0 Å². The van der Waals surface area contributed by atoms with Crippen LogP contribution in [0.1, 0.15) is 70.7 Å². The third-order valence-electron chi connectivity index (χ3n) is 7.29. The highest BCUT2D eigenvalue weighted by Crippen LogP contribution is 2.30. The van der Waals surface area contributed by atoms with Crippen LogP contribution in [0.5, 0.6) is 0 Å². The van der Waals surface area contributed by atoms with Gasteiger partial charge < -0.3 is 9.47 Å². The Morgan fingerprint density at radius 1 is 1.14 bits per heavy atom. The highest BCUT2D eigenvalue weighted by atomic mass is 32.1. The predicted molar refractivity (Wildman–Crippen MR) is 138 cm³/mol. The first-order chi connectivity index (χ1) is 17.4. The molecule has 194 valence electrons. The van der Waals surface area contributed by atoms with Crippen LogP contribution in [0.25, 0.3) is 0 Å². The first kappa shape index (κ1) is 26.6. The van der Waals surface area contributed by atoms with Crippen molar-refractivity contribution in [2.75, 3.05) is 20.3 Å².